The summed E-state index contributed by atoms with van der Waals surface area (Å²) in [5.74, 6) is 0.552. The summed E-state index contributed by atoms with van der Waals surface area (Å²) in [4.78, 5) is 0. The van der Waals surface area contributed by atoms with Crippen LogP contribution in [0.25, 0.3) is 22.0 Å². The van der Waals surface area contributed by atoms with Crippen molar-refractivity contribution in [3.8, 4) is 11.1 Å². The maximum Gasteiger partial charge on any atom is 0.153 e. The van der Waals surface area contributed by atoms with Crippen LogP contribution in [0.2, 0.25) is 0 Å². The lowest BCUT2D eigenvalue weighted by atomic mass is 10.00. The smallest absolute Gasteiger partial charge is 0.153 e. The maximum absolute atomic E-state index is 5.75. The Morgan fingerprint density at radius 1 is 1.12 bits per heavy atom. The number of H-pyrrole nitrogens is 1. The highest BCUT2D eigenvalue weighted by atomic mass is 15.1. The van der Waals surface area contributed by atoms with Crippen molar-refractivity contribution in [1.82, 2.24) is 10.2 Å². The Balaban J connectivity index is 2.22. The number of nitrogens with one attached hydrogen (secondary N) is 1. The molecular weight excluding hydrogens is 210 g/mol. The number of rotatable bonds is 1. The SMILES string of the molecule is Cc1ccccc1-c1ccc2c(N)n[nH]c2c1. The molecule has 3 rings (SSSR count). The quantitative estimate of drug-likeness (QED) is 0.666. The Bertz CT molecular complexity index is 683. The molecule has 0 saturated heterocycles. The van der Waals surface area contributed by atoms with E-state index in [1.54, 1.807) is 0 Å². The standard InChI is InChI=1S/C14H13N3/c1-9-4-2-3-5-11(9)10-6-7-12-13(8-10)16-17-14(12)15/h2-8H,1H3,(H3,15,16,17). The molecule has 0 aliphatic carbocycles. The number of benzene rings is 2. The first-order valence-electron chi connectivity index (χ1n) is 5.55. The van der Waals surface area contributed by atoms with E-state index in [9.17, 15) is 0 Å². The summed E-state index contributed by atoms with van der Waals surface area (Å²) in [6.45, 7) is 2.11. The van der Waals surface area contributed by atoms with E-state index in [-0.39, 0.29) is 0 Å². The fourth-order valence-electron chi connectivity index (χ4n) is 2.11. The number of aryl methyl sites for hydroxylation is 1. The van der Waals surface area contributed by atoms with Crippen LogP contribution in [0.3, 0.4) is 0 Å². The van der Waals surface area contributed by atoms with Gasteiger partial charge in [-0.25, -0.2) is 0 Å². The lowest BCUT2D eigenvalue weighted by Gasteiger charge is -2.05. The summed E-state index contributed by atoms with van der Waals surface area (Å²) in [6.07, 6.45) is 0. The summed E-state index contributed by atoms with van der Waals surface area (Å²) < 4.78 is 0. The van der Waals surface area contributed by atoms with Gasteiger partial charge < -0.3 is 5.73 Å². The van der Waals surface area contributed by atoms with Gasteiger partial charge in [-0.2, -0.15) is 5.10 Å². The van der Waals surface area contributed by atoms with Gasteiger partial charge in [0.05, 0.1) is 5.52 Å². The zero-order valence-corrected chi connectivity index (χ0v) is 9.57. The molecule has 3 aromatic rings. The van der Waals surface area contributed by atoms with Crippen molar-refractivity contribution in [2.45, 2.75) is 6.92 Å². The number of nitrogens with two attached hydrogens (primary N) is 1. The summed E-state index contributed by atoms with van der Waals surface area (Å²) in [6, 6.07) is 14.5. The number of fused-ring (bicyclic) bond motifs is 1. The van der Waals surface area contributed by atoms with Crippen LogP contribution in [0.5, 0.6) is 0 Å². The predicted octanol–water partition coefficient (Wildman–Crippen LogP) is 3.12. The molecule has 0 atom stereocenters. The summed E-state index contributed by atoms with van der Waals surface area (Å²) in [5.41, 5.74) is 10.4. The van der Waals surface area contributed by atoms with Gasteiger partial charge in [0, 0.05) is 5.39 Å². The number of aromatic amines is 1. The molecule has 0 radical (unpaired) electrons. The number of anilines is 1. The second kappa shape index (κ2) is 3.63. The van der Waals surface area contributed by atoms with E-state index < -0.39 is 0 Å². The lowest BCUT2D eigenvalue weighted by molar-refractivity contribution is 1.13. The summed E-state index contributed by atoms with van der Waals surface area (Å²) in [7, 11) is 0. The highest BCUT2D eigenvalue weighted by Gasteiger charge is 2.05. The zero-order chi connectivity index (χ0) is 11.8. The van der Waals surface area contributed by atoms with Crippen LogP contribution >= 0.6 is 0 Å². The molecule has 0 unspecified atom stereocenters. The fourth-order valence-corrected chi connectivity index (χ4v) is 2.11. The first kappa shape index (κ1) is 9.90. The van der Waals surface area contributed by atoms with E-state index in [1.165, 1.54) is 16.7 Å². The minimum atomic E-state index is 0.552. The van der Waals surface area contributed by atoms with E-state index in [2.05, 4.69) is 41.4 Å². The van der Waals surface area contributed by atoms with Crippen molar-refractivity contribution in [3.63, 3.8) is 0 Å². The summed E-state index contributed by atoms with van der Waals surface area (Å²) >= 11 is 0. The van der Waals surface area contributed by atoms with Crippen LogP contribution < -0.4 is 5.73 Å². The number of hydrogen-bond acceptors (Lipinski definition) is 2. The Morgan fingerprint density at radius 3 is 2.76 bits per heavy atom. The molecule has 3 heteroatoms. The van der Waals surface area contributed by atoms with Gasteiger partial charge >= 0.3 is 0 Å². The number of nitrogens with zero attached hydrogens (tertiary/aromatic N) is 1. The molecule has 0 spiro atoms. The van der Waals surface area contributed by atoms with Gasteiger partial charge in [-0.3, -0.25) is 5.10 Å². The van der Waals surface area contributed by atoms with Crippen LogP contribution in [-0.4, -0.2) is 10.2 Å². The van der Waals surface area contributed by atoms with Gasteiger partial charge in [-0.15, -0.1) is 0 Å². The third-order valence-corrected chi connectivity index (χ3v) is 3.05. The van der Waals surface area contributed by atoms with Gasteiger partial charge in [0.25, 0.3) is 0 Å². The van der Waals surface area contributed by atoms with Crippen LogP contribution in [0.15, 0.2) is 42.5 Å². The van der Waals surface area contributed by atoms with Gasteiger partial charge in [0.2, 0.25) is 0 Å². The van der Waals surface area contributed by atoms with Gasteiger partial charge in [0.1, 0.15) is 0 Å². The molecule has 0 fully saturated rings. The van der Waals surface area contributed by atoms with E-state index >= 15 is 0 Å². The van der Waals surface area contributed by atoms with Gasteiger partial charge in [0.15, 0.2) is 5.82 Å². The van der Waals surface area contributed by atoms with Gasteiger partial charge in [-0.05, 0) is 35.7 Å². The Hall–Kier alpha value is -2.29. The largest absolute Gasteiger partial charge is 0.382 e. The van der Waals surface area contributed by atoms with Crippen LogP contribution in [0.4, 0.5) is 5.82 Å². The van der Waals surface area contributed by atoms with E-state index in [0.717, 1.165) is 10.9 Å². The third-order valence-electron chi connectivity index (χ3n) is 3.05. The molecule has 3 nitrogen and oxygen atoms in total. The topological polar surface area (TPSA) is 54.7 Å². The second-order valence-corrected chi connectivity index (χ2v) is 4.18. The Morgan fingerprint density at radius 2 is 1.94 bits per heavy atom. The third kappa shape index (κ3) is 1.56. The Kier molecular flexibility index (Phi) is 2.11. The van der Waals surface area contributed by atoms with Crippen LogP contribution in [-0.2, 0) is 0 Å². The van der Waals surface area contributed by atoms with Crippen molar-refractivity contribution >= 4 is 16.7 Å². The molecule has 0 amide bonds. The molecule has 0 bridgehead atoms. The molecule has 0 aliphatic heterocycles. The molecule has 84 valence electrons. The van der Waals surface area contributed by atoms with Crippen molar-refractivity contribution in [2.24, 2.45) is 0 Å². The average Bonchev–Trinajstić information content (AvgIpc) is 2.71. The average molecular weight is 223 g/mol. The molecule has 3 N–H and O–H groups in total. The zero-order valence-electron chi connectivity index (χ0n) is 9.57. The number of hydrogen-bond donors (Lipinski definition) is 2. The van der Waals surface area contributed by atoms with Crippen LogP contribution in [0, 0.1) is 6.92 Å². The van der Waals surface area contributed by atoms with E-state index in [0.29, 0.717) is 5.82 Å². The first-order chi connectivity index (χ1) is 8.25. The monoisotopic (exact) mass is 223 g/mol. The normalized spacial score (nSPS) is 10.9. The lowest BCUT2D eigenvalue weighted by Crippen LogP contribution is -1.84. The summed E-state index contributed by atoms with van der Waals surface area (Å²) in [5, 5.41) is 7.92. The molecule has 1 heterocycles. The van der Waals surface area contributed by atoms with Crippen molar-refractivity contribution in [2.75, 3.05) is 5.73 Å². The molecule has 2 aromatic carbocycles. The molecular formula is C14H13N3. The fraction of sp³-hybridized carbons (Fsp3) is 0.0714. The highest BCUT2D eigenvalue weighted by Crippen LogP contribution is 2.27. The molecule has 0 aliphatic rings. The minimum Gasteiger partial charge on any atom is -0.382 e. The van der Waals surface area contributed by atoms with Crippen molar-refractivity contribution < 1.29 is 0 Å². The Labute approximate surface area is 99.3 Å². The highest BCUT2D eigenvalue weighted by molar-refractivity contribution is 5.91. The minimum absolute atomic E-state index is 0.552. The molecule has 17 heavy (non-hydrogen) atoms. The predicted molar refractivity (Wildman–Crippen MR) is 70.7 cm³/mol. The molecule has 0 saturated carbocycles. The van der Waals surface area contributed by atoms with E-state index in [1.807, 2.05) is 18.2 Å². The van der Waals surface area contributed by atoms with Gasteiger partial charge in [-0.1, -0.05) is 30.3 Å². The first-order valence-corrected chi connectivity index (χ1v) is 5.55. The second-order valence-electron chi connectivity index (χ2n) is 4.18. The number of nitrogen functional groups attached to an aromatic ring is 1. The van der Waals surface area contributed by atoms with Crippen molar-refractivity contribution in [3.05, 3.63) is 48.0 Å². The van der Waals surface area contributed by atoms with E-state index in [4.69, 9.17) is 5.73 Å². The maximum atomic E-state index is 5.75. The molecule has 1 aromatic heterocycles. The number of aromatic nitrogens is 2. The van der Waals surface area contributed by atoms with Crippen LogP contribution in [0.1, 0.15) is 5.56 Å². The van der Waals surface area contributed by atoms with Crippen molar-refractivity contribution in [1.29, 1.82) is 0 Å².